The SMILES string of the molecule is CC(=O)NCCCC(=O)N[C@H]1Cc2cccc(C(=O)O)c2OB1O. The molecule has 0 saturated heterocycles. The first-order chi connectivity index (χ1) is 11.4. The Bertz CT molecular complexity index is 651. The van der Waals surface area contributed by atoms with E-state index in [4.69, 9.17) is 9.76 Å². The number of carboxylic acid groups (broad SMARTS) is 1. The lowest BCUT2D eigenvalue weighted by Gasteiger charge is -2.28. The molecule has 128 valence electrons. The molecular weight excluding hydrogens is 315 g/mol. The third-order valence-corrected chi connectivity index (χ3v) is 3.65. The molecule has 0 aliphatic carbocycles. The third kappa shape index (κ3) is 4.48. The molecule has 1 aromatic carbocycles. The molecule has 1 atom stereocenters. The fourth-order valence-corrected chi connectivity index (χ4v) is 2.51. The van der Waals surface area contributed by atoms with E-state index in [1.54, 1.807) is 12.1 Å². The van der Waals surface area contributed by atoms with Crippen molar-refractivity contribution in [3.63, 3.8) is 0 Å². The number of carboxylic acids is 1. The zero-order chi connectivity index (χ0) is 17.7. The van der Waals surface area contributed by atoms with Gasteiger partial charge in [-0.3, -0.25) is 9.59 Å². The van der Waals surface area contributed by atoms with Crippen LogP contribution in [-0.4, -0.2) is 47.5 Å². The summed E-state index contributed by atoms with van der Waals surface area (Å²) in [7, 11) is -1.32. The minimum Gasteiger partial charge on any atom is -0.534 e. The lowest BCUT2D eigenvalue weighted by atomic mass is 9.72. The van der Waals surface area contributed by atoms with E-state index in [2.05, 4.69) is 10.6 Å². The van der Waals surface area contributed by atoms with Crippen molar-refractivity contribution in [2.24, 2.45) is 0 Å². The maximum atomic E-state index is 11.9. The number of hydrogen-bond acceptors (Lipinski definition) is 5. The van der Waals surface area contributed by atoms with Crippen LogP contribution in [0.4, 0.5) is 0 Å². The highest BCUT2D eigenvalue weighted by molar-refractivity contribution is 6.47. The number of carbonyl (C=O) groups excluding carboxylic acids is 2. The molecule has 2 rings (SSSR count). The minimum atomic E-state index is -1.32. The van der Waals surface area contributed by atoms with E-state index >= 15 is 0 Å². The third-order valence-electron chi connectivity index (χ3n) is 3.65. The van der Waals surface area contributed by atoms with Gasteiger partial charge in [0.1, 0.15) is 5.75 Å². The second-order valence-corrected chi connectivity index (χ2v) is 5.57. The first kappa shape index (κ1) is 17.8. The molecule has 0 bridgehead atoms. The summed E-state index contributed by atoms with van der Waals surface area (Å²) in [5, 5.41) is 24.4. The summed E-state index contributed by atoms with van der Waals surface area (Å²) in [4.78, 5) is 33.8. The summed E-state index contributed by atoms with van der Waals surface area (Å²) >= 11 is 0. The van der Waals surface area contributed by atoms with Crippen LogP contribution in [0.5, 0.6) is 5.75 Å². The Morgan fingerprint density at radius 3 is 2.79 bits per heavy atom. The van der Waals surface area contributed by atoms with Gasteiger partial charge in [-0.05, 0) is 24.5 Å². The lowest BCUT2D eigenvalue weighted by molar-refractivity contribution is -0.122. The monoisotopic (exact) mass is 334 g/mol. The van der Waals surface area contributed by atoms with Crippen LogP contribution in [0.2, 0.25) is 0 Å². The molecule has 8 nitrogen and oxygen atoms in total. The largest absolute Gasteiger partial charge is 0.547 e. The molecule has 0 unspecified atom stereocenters. The zero-order valence-corrected chi connectivity index (χ0v) is 13.2. The Kier molecular flexibility index (Phi) is 5.80. The lowest BCUT2D eigenvalue weighted by Crippen LogP contribution is -2.53. The van der Waals surface area contributed by atoms with Crippen LogP contribution in [0.15, 0.2) is 18.2 Å². The molecule has 24 heavy (non-hydrogen) atoms. The normalized spacial score (nSPS) is 15.9. The van der Waals surface area contributed by atoms with E-state index in [-0.39, 0.29) is 36.0 Å². The van der Waals surface area contributed by atoms with Crippen molar-refractivity contribution in [3.05, 3.63) is 29.3 Å². The van der Waals surface area contributed by atoms with Crippen molar-refractivity contribution in [2.75, 3.05) is 6.54 Å². The average Bonchev–Trinajstić information content (AvgIpc) is 2.51. The quantitative estimate of drug-likeness (QED) is 0.420. The second-order valence-electron chi connectivity index (χ2n) is 5.57. The van der Waals surface area contributed by atoms with Crippen LogP contribution in [0.1, 0.15) is 35.7 Å². The molecule has 1 heterocycles. The number of benzene rings is 1. The molecule has 4 N–H and O–H groups in total. The molecule has 0 spiro atoms. The van der Waals surface area contributed by atoms with E-state index in [0.29, 0.717) is 18.5 Å². The summed E-state index contributed by atoms with van der Waals surface area (Å²) in [6.45, 7) is 1.80. The summed E-state index contributed by atoms with van der Waals surface area (Å²) in [6.07, 6.45) is 0.954. The molecule has 1 aromatic rings. The van der Waals surface area contributed by atoms with Gasteiger partial charge in [0.2, 0.25) is 11.8 Å². The Labute approximate surface area is 139 Å². The second kappa shape index (κ2) is 7.82. The Morgan fingerprint density at radius 1 is 1.38 bits per heavy atom. The molecule has 0 aromatic heterocycles. The number of hydrogen-bond donors (Lipinski definition) is 4. The topological polar surface area (TPSA) is 125 Å². The van der Waals surface area contributed by atoms with Gasteiger partial charge in [-0.1, -0.05) is 12.1 Å². The fourth-order valence-electron chi connectivity index (χ4n) is 2.51. The van der Waals surface area contributed by atoms with Crippen molar-refractivity contribution in [3.8, 4) is 5.75 Å². The van der Waals surface area contributed by atoms with Crippen molar-refractivity contribution in [1.29, 1.82) is 0 Å². The summed E-state index contributed by atoms with van der Waals surface area (Å²) < 4.78 is 5.30. The maximum Gasteiger partial charge on any atom is 0.547 e. The predicted octanol–water partition coefficient (Wildman–Crippen LogP) is -0.259. The highest BCUT2D eigenvalue weighted by Crippen LogP contribution is 2.30. The van der Waals surface area contributed by atoms with Crippen LogP contribution < -0.4 is 15.3 Å². The molecule has 1 aliphatic rings. The van der Waals surface area contributed by atoms with Crippen molar-refractivity contribution in [1.82, 2.24) is 10.6 Å². The van der Waals surface area contributed by atoms with Crippen LogP contribution >= 0.6 is 0 Å². The maximum absolute atomic E-state index is 11.9. The van der Waals surface area contributed by atoms with Gasteiger partial charge >= 0.3 is 13.1 Å². The molecule has 0 saturated carbocycles. The Hall–Kier alpha value is -2.55. The average molecular weight is 334 g/mol. The highest BCUT2D eigenvalue weighted by Gasteiger charge is 2.37. The highest BCUT2D eigenvalue weighted by atomic mass is 16.5. The Morgan fingerprint density at radius 2 is 2.12 bits per heavy atom. The van der Waals surface area contributed by atoms with Gasteiger partial charge in [-0.15, -0.1) is 0 Å². The van der Waals surface area contributed by atoms with Gasteiger partial charge in [0, 0.05) is 19.9 Å². The number of para-hydroxylation sites is 1. The van der Waals surface area contributed by atoms with E-state index < -0.39 is 19.0 Å². The summed E-state index contributed by atoms with van der Waals surface area (Å²) in [6, 6.07) is 4.69. The number of nitrogens with one attached hydrogen (secondary N) is 2. The molecule has 1 aliphatic heterocycles. The number of rotatable bonds is 6. The smallest absolute Gasteiger partial charge is 0.534 e. The van der Waals surface area contributed by atoms with Crippen molar-refractivity contribution < 1.29 is 29.2 Å². The fraction of sp³-hybridized carbons (Fsp3) is 0.400. The van der Waals surface area contributed by atoms with Gasteiger partial charge in [0.15, 0.2) is 0 Å². The van der Waals surface area contributed by atoms with E-state index in [1.165, 1.54) is 13.0 Å². The van der Waals surface area contributed by atoms with Gasteiger partial charge in [0.05, 0.1) is 11.5 Å². The zero-order valence-electron chi connectivity index (χ0n) is 13.2. The number of fused-ring (bicyclic) bond motifs is 1. The van der Waals surface area contributed by atoms with Gasteiger partial charge in [-0.25, -0.2) is 4.79 Å². The van der Waals surface area contributed by atoms with E-state index in [0.717, 1.165) is 0 Å². The molecule has 0 fully saturated rings. The molecule has 0 radical (unpaired) electrons. The van der Waals surface area contributed by atoms with Gasteiger partial charge in [-0.2, -0.15) is 0 Å². The van der Waals surface area contributed by atoms with Crippen molar-refractivity contribution in [2.45, 2.75) is 32.1 Å². The number of aromatic carboxylic acids is 1. The van der Waals surface area contributed by atoms with Crippen LogP contribution in [0, 0.1) is 0 Å². The molecule has 9 heteroatoms. The van der Waals surface area contributed by atoms with Crippen LogP contribution in [-0.2, 0) is 16.0 Å². The first-order valence-electron chi connectivity index (χ1n) is 7.62. The van der Waals surface area contributed by atoms with E-state index in [9.17, 15) is 19.4 Å². The number of amides is 2. The molecular formula is C15H19BN2O6. The summed E-state index contributed by atoms with van der Waals surface area (Å²) in [5.41, 5.74) is 0.593. The first-order valence-corrected chi connectivity index (χ1v) is 7.62. The van der Waals surface area contributed by atoms with Gasteiger partial charge < -0.3 is 25.4 Å². The standard InChI is InChI=1S/C15H19BN2O6/c1-9(19)17-7-3-6-13(20)18-12-8-10-4-2-5-11(15(21)22)14(10)24-16(12)23/h2,4-5,12,23H,3,6-8H2,1H3,(H,17,19)(H,18,20)(H,21,22)/t12-/m0/s1. The minimum absolute atomic E-state index is 0.0216. The van der Waals surface area contributed by atoms with Gasteiger partial charge in [0.25, 0.3) is 0 Å². The Balaban J connectivity index is 1.94. The summed E-state index contributed by atoms with van der Waals surface area (Å²) in [5.74, 6) is -2.09. The predicted molar refractivity (Wildman–Crippen MR) is 85.6 cm³/mol. The van der Waals surface area contributed by atoms with Crippen LogP contribution in [0.25, 0.3) is 0 Å². The van der Waals surface area contributed by atoms with E-state index in [1.807, 2.05) is 0 Å². The number of carbonyl (C=O) groups is 3. The molecule has 2 amide bonds. The van der Waals surface area contributed by atoms with Crippen molar-refractivity contribution >= 4 is 24.9 Å². The van der Waals surface area contributed by atoms with Crippen LogP contribution in [0.3, 0.4) is 0 Å².